The number of hydrogen-bond acceptors (Lipinski definition) is 6. The van der Waals surface area contributed by atoms with E-state index in [2.05, 4.69) is 16.0 Å². The number of aliphatic hydroxyl groups is 1. The van der Waals surface area contributed by atoms with Gasteiger partial charge in [0, 0.05) is 41.9 Å². The number of nitrogens with one attached hydrogen (secondary N) is 3. The van der Waals surface area contributed by atoms with E-state index in [1.165, 1.54) is 23.6 Å². The molecule has 1 heterocycles. The number of nitrogens with zero attached hydrogens (tertiary/aromatic N) is 1. The normalized spacial score (nSPS) is 19.3. The van der Waals surface area contributed by atoms with Crippen LogP contribution in [-0.2, 0) is 16.4 Å². The van der Waals surface area contributed by atoms with E-state index in [0.29, 0.717) is 60.5 Å². The van der Waals surface area contributed by atoms with Crippen LogP contribution in [0.5, 0.6) is 0 Å². The number of aliphatic hydroxyl groups excluding tert-OH is 1. The monoisotopic (exact) mass is 576 g/mol. The van der Waals surface area contributed by atoms with Gasteiger partial charge < -0.3 is 21.1 Å². The predicted molar refractivity (Wildman–Crippen MR) is 158 cm³/mol. The first-order chi connectivity index (χ1) is 18.8. The number of rotatable bonds is 11. The molecule has 2 fully saturated rings. The summed E-state index contributed by atoms with van der Waals surface area (Å²) in [6, 6.07) is 12.3. The maximum absolute atomic E-state index is 13.6. The average Bonchev–Trinajstić information content (AvgIpc) is 2.92. The first-order valence-corrected chi connectivity index (χ1v) is 16.1. The Morgan fingerprint density at radius 2 is 1.87 bits per heavy atom. The van der Waals surface area contributed by atoms with Crippen LogP contribution in [0.2, 0.25) is 5.02 Å². The van der Waals surface area contributed by atoms with Crippen LogP contribution < -0.4 is 20.3 Å². The van der Waals surface area contributed by atoms with Crippen LogP contribution in [0.25, 0.3) is 0 Å². The van der Waals surface area contributed by atoms with Crippen LogP contribution in [0, 0.1) is 0 Å². The van der Waals surface area contributed by atoms with Gasteiger partial charge in [0.15, 0.2) is 0 Å². The highest BCUT2D eigenvalue weighted by Crippen LogP contribution is 2.28. The number of benzene rings is 2. The Balaban J connectivity index is 1.57. The highest BCUT2D eigenvalue weighted by atomic mass is 35.5. The van der Waals surface area contributed by atoms with Gasteiger partial charge in [0.05, 0.1) is 23.6 Å². The number of sulfonamides is 1. The molecule has 10 heteroatoms. The highest BCUT2D eigenvalue weighted by Gasteiger charge is 2.28. The van der Waals surface area contributed by atoms with E-state index in [4.69, 9.17) is 11.6 Å². The molecule has 2 aliphatic rings. The van der Waals surface area contributed by atoms with Crippen LogP contribution in [0.3, 0.4) is 0 Å². The standard InChI is InChI=1S/C29H41ClN4O4S/c1-2-31-24-16-22(17-25(19-24)34-14-8-9-15-39(34,37)38)29(36)33-27(18-21-10-6-7-13-26(21)30)28(35)20-32-23-11-4-3-5-12-23/h6-7,10,13,16-17,19,23,27-28,31-32,35H,2-5,8-9,11-12,14-15,18,20H2,1H3,(H,33,36)/t27-,28+/m0/s1. The predicted octanol–water partition coefficient (Wildman–Crippen LogP) is 4.33. The molecule has 1 amide bonds. The van der Waals surface area contributed by atoms with Crippen molar-refractivity contribution in [3.63, 3.8) is 0 Å². The van der Waals surface area contributed by atoms with E-state index >= 15 is 0 Å². The minimum absolute atomic E-state index is 0.0973. The van der Waals surface area contributed by atoms with Crippen molar-refractivity contribution in [1.82, 2.24) is 10.6 Å². The zero-order valence-electron chi connectivity index (χ0n) is 22.7. The zero-order chi connectivity index (χ0) is 27.8. The molecule has 1 aliphatic heterocycles. The SMILES string of the molecule is CCNc1cc(C(=O)N[C@@H](Cc2ccccc2Cl)[C@H](O)CNC2CCCCC2)cc(N2CCCCS2(=O)=O)c1. The van der Waals surface area contributed by atoms with Crippen LogP contribution in [-0.4, -0.2) is 63.0 Å². The first kappa shape index (κ1) is 29.6. The molecule has 0 spiro atoms. The largest absolute Gasteiger partial charge is 0.390 e. The molecule has 0 aromatic heterocycles. The number of carbonyl (C=O) groups is 1. The molecular weight excluding hydrogens is 536 g/mol. The van der Waals surface area contributed by atoms with E-state index in [9.17, 15) is 18.3 Å². The van der Waals surface area contributed by atoms with Gasteiger partial charge in [-0.15, -0.1) is 0 Å². The van der Waals surface area contributed by atoms with E-state index in [1.54, 1.807) is 24.3 Å². The van der Waals surface area contributed by atoms with Crippen LogP contribution >= 0.6 is 11.6 Å². The summed E-state index contributed by atoms with van der Waals surface area (Å²) in [5.74, 6) is -0.278. The van der Waals surface area contributed by atoms with E-state index in [0.717, 1.165) is 24.8 Å². The van der Waals surface area contributed by atoms with E-state index < -0.39 is 22.2 Å². The van der Waals surface area contributed by atoms with E-state index in [1.807, 2.05) is 25.1 Å². The van der Waals surface area contributed by atoms with Gasteiger partial charge in [-0.05, 0) is 68.9 Å². The first-order valence-electron chi connectivity index (χ1n) is 14.1. The van der Waals surface area contributed by atoms with Gasteiger partial charge in [0.1, 0.15) is 0 Å². The van der Waals surface area contributed by atoms with Crippen LogP contribution in [0.4, 0.5) is 11.4 Å². The fourth-order valence-corrected chi connectivity index (χ4v) is 7.28. The summed E-state index contributed by atoms with van der Waals surface area (Å²) in [5, 5.41) is 21.5. The molecule has 1 saturated carbocycles. The number of carbonyl (C=O) groups excluding carboxylic acids is 1. The van der Waals surface area contributed by atoms with Crippen molar-refractivity contribution >= 4 is 38.9 Å². The van der Waals surface area contributed by atoms with Gasteiger partial charge >= 0.3 is 0 Å². The number of amides is 1. The maximum atomic E-state index is 13.6. The minimum atomic E-state index is -3.44. The molecule has 8 nitrogen and oxygen atoms in total. The van der Waals surface area contributed by atoms with Crippen molar-refractivity contribution in [3.05, 3.63) is 58.6 Å². The third-order valence-electron chi connectivity index (χ3n) is 7.60. The van der Waals surface area contributed by atoms with Crippen molar-refractivity contribution in [2.24, 2.45) is 0 Å². The Labute approximate surface area is 237 Å². The molecular formula is C29H41ClN4O4S. The number of halogens is 1. The Morgan fingerprint density at radius 3 is 2.59 bits per heavy atom. The second kappa shape index (κ2) is 13.8. The second-order valence-corrected chi connectivity index (χ2v) is 13.0. The molecule has 2 aromatic carbocycles. The third kappa shape index (κ3) is 8.10. The summed E-state index contributed by atoms with van der Waals surface area (Å²) >= 11 is 6.43. The molecule has 4 N–H and O–H groups in total. The van der Waals surface area contributed by atoms with Gasteiger partial charge in [-0.25, -0.2) is 8.42 Å². The Hall–Kier alpha value is -2.33. The lowest BCUT2D eigenvalue weighted by molar-refractivity contribution is 0.0821. The Bertz CT molecular complexity index is 1220. The van der Waals surface area contributed by atoms with Gasteiger partial charge in [0.2, 0.25) is 10.0 Å². The average molecular weight is 577 g/mol. The van der Waals surface area contributed by atoms with Crippen LogP contribution in [0.15, 0.2) is 42.5 Å². The summed E-state index contributed by atoms with van der Waals surface area (Å²) in [6.45, 7) is 3.31. The molecule has 2 aromatic rings. The van der Waals surface area contributed by atoms with Crippen molar-refractivity contribution in [1.29, 1.82) is 0 Å². The molecule has 4 rings (SSSR count). The van der Waals surface area contributed by atoms with Crippen molar-refractivity contribution in [3.8, 4) is 0 Å². The van der Waals surface area contributed by atoms with E-state index in [-0.39, 0.29) is 11.7 Å². The number of anilines is 2. The van der Waals surface area contributed by atoms with Gasteiger partial charge in [-0.2, -0.15) is 0 Å². The molecule has 0 bridgehead atoms. The highest BCUT2D eigenvalue weighted by molar-refractivity contribution is 7.92. The van der Waals surface area contributed by atoms with Crippen molar-refractivity contribution in [2.75, 3.05) is 35.0 Å². The Kier molecular flexibility index (Phi) is 10.5. The summed E-state index contributed by atoms with van der Waals surface area (Å²) < 4.78 is 27.0. The minimum Gasteiger partial charge on any atom is -0.390 e. The fraction of sp³-hybridized carbons (Fsp3) is 0.552. The van der Waals surface area contributed by atoms with Gasteiger partial charge in [-0.1, -0.05) is 49.1 Å². The van der Waals surface area contributed by atoms with Gasteiger partial charge in [-0.3, -0.25) is 9.10 Å². The van der Waals surface area contributed by atoms with Gasteiger partial charge in [0.25, 0.3) is 5.91 Å². The number of hydrogen-bond donors (Lipinski definition) is 4. The van der Waals surface area contributed by atoms with Crippen molar-refractivity contribution < 1.29 is 18.3 Å². The molecule has 1 aliphatic carbocycles. The molecule has 39 heavy (non-hydrogen) atoms. The Morgan fingerprint density at radius 1 is 1.10 bits per heavy atom. The molecule has 0 unspecified atom stereocenters. The smallest absolute Gasteiger partial charge is 0.251 e. The molecule has 214 valence electrons. The third-order valence-corrected chi connectivity index (χ3v) is 9.84. The zero-order valence-corrected chi connectivity index (χ0v) is 24.2. The lowest BCUT2D eigenvalue weighted by Gasteiger charge is -2.30. The lowest BCUT2D eigenvalue weighted by Crippen LogP contribution is -2.50. The summed E-state index contributed by atoms with van der Waals surface area (Å²) in [7, 11) is -3.44. The summed E-state index contributed by atoms with van der Waals surface area (Å²) in [4.78, 5) is 13.6. The fourth-order valence-electron chi connectivity index (χ4n) is 5.44. The topological polar surface area (TPSA) is 111 Å². The van der Waals surface area contributed by atoms with Crippen LogP contribution in [0.1, 0.15) is 67.8 Å². The maximum Gasteiger partial charge on any atom is 0.251 e. The quantitative estimate of drug-likeness (QED) is 0.317. The van der Waals surface area contributed by atoms with Crippen molar-refractivity contribution in [2.45, 2.75) is 76.5 Å². The molecule has 1 saturated heterocycles. The summed E-state index contributed by atoms with van der Waals surface area (Å²) in [6.07, 6.45) is 6.72. The lowest BCUT2D eigenvalue weighted by atomic mass is 9.94. The summed E-state index contributed by atoms with van der Waals surface area (Å²) in [5.41, 5.74) is 2.31. The molecule has 2 atom stereocenters. The second-order valence-electron chi connectivity index (χ2n) is 10.6. The molecule has 0 radical (unpaired) electrons.